The number of aliphatic hydroxyl groups excluding tert-OH is 2. The zero-order chi connectivity index (χ0) is 8.72. The largest absolute Gasteiger partial charge is 0.390 e. The second-order valence-corrected chi connectivity index (χ2v) is 4.27. The van der Waals surface area contributed by atoms with Crippen LogP contribution in [-0.2, 0) is 6.42 Å². The molecule has 12 heavy (non-hydrogen) atoms. The van der Waals surface area contributed by atoms with Gasteiger partial charge in [0.2, 0.25) is 0 Å². The first kappa shape index (κ1) is 8.23. The van der Waals surface area contributed by atoms with Gasteiger partial charge in [-0.2, -0.15) is 0 Å². The number of fused-ring (bicyclic) bond motifs is 1. The van der Waals surface area contributed by atoms with E-state index < -0.39 is 12.2 Å². The smallest absolute Gasteiger partial charge is 0.106 e. The fourth-order valence-electron chi connectivity index (χ4n) is 1.73. The summed E-state index contributed by atoms with van der Waals surface area (Å²) in [6, 6.07) is 0. The Morgan fingerprint density at radius 3 is 3.00 bits per heavy atom. The van der Waals surface area contributed by atoms with Crippen LogP contribution in [0.4, 0.5) is 0 Å². The maximum Gasteiger partial charge on any atom is 0.106 e. The van der Waals surface area contributed by atoms with Gasteiger partial charge in [-0.25, -0.2) is 0 Å². The normalized spacial score (nSPS) is 28.6. The molecule has 66 valence electrons. The molecule has 2 nitrogen and oxygen atoms in total. The van der Waals surface area contributed by atoms with Gasteiger partial charge in [-0.05, 0) is 36.3 Å². The second-order valence-electron chi connectivity index (χ2n) is 3.31. The van der Waals surface area contributed by atoms with Gasteiger partial charge in [0, 0.05) is 4.88 Å². The topological polar surface area (TPSA) is 40.5 Å². The van der Waals surface area contributed by atoms with Crippen molar-refractivity contribution in [1.29, 1.82) is 0 Å². The van der Waals surface area contributed by atoms with E-state index in [0.717, 1.165) is 17.5 Å². The molecule has 0 fully saturated rings. The van der Waals surface area contributed by atoms with Crippen molar-refractivity contribution in [2.24, 2.45) is 0 Å². The summed E-state index contributed by atoms with van der Waals surface area (Å²) in [5.74, 6) is 0. The molecule has 2 atom stereocenters. The Morgan fingerprint density at radius 1 is 1.50 bits per heavy atom. The molecule has 2 N–H and O–H groups in total. The first-order valence-electron chi connectivity index (χ1n) is 4.13. The van der Waals surface area contributed by atoms with Crippen LogP contribution in [0.3, 0.4) is 0 Å². The van der Waals surface area contributed by atoms with Crippen molar-refractivity contribution in [3.63, 3.8) is 0 Å². The fourth-order valence-corrected chi connectivity index (χ4v) is 2.82. The van der Waals surface area contributed by atoms with Crippen molar-refractivity contribution in [2.75, 3.05) is 0 Å². The molecule has 3 heteroatoms. The van der Waals surface area contributed by atoms with Crippen LogP contribution in [0.25, 0.3) is 0 Å². The van der Waals surface area contributed by atoms with E-state index in [0.29, 0.717) is 6.42 Å². The van der Waals surface area contributed by atoms with E-state index in [4.69, 9.17) is 0 Å². The predicted octanol–water partition coefficient (Wildman–Crippen LogP) is 1.40. The van der Waals surface area contributed by atoms with E-state index in [1.54, 1.807) is 11.3 Å². The Bertz CT molecular complexity index is 293. The van der Waals surface area contributed by atoms with E-state index in [9.17, 15) is 10.2 Å². The van der Waals surface area contributed by atoms with Crippen LogP contribution in [0.2, 0.25) is 0 Å². The third-order valence-electron chi connectivity index (χ3n) is 2.43. The van der Waals surface area contributed by atoms with Gasteiger partial charge in [0.1, 0.15) is 6.10 Å². The molecule has 0 saturated heterocycles. The SMILES string of the molecule is Cc1csc2c1[C@@H](O)[C@@H](O)CC2. The van der Waals surface area contributed by atoms with Gasteiger partial charge in [0.05, 0.1) is 6.10 Å². The van der Waals surface area contributed by atoms with Crippen molar-refractivity contribution in [2.45, 2.75) is 32.0 Å². The van der Waals surface area contributed by atoms with Gasteiger partial charge >= 0.3 is 0 Å². The number of rotatable bonds is 0. The minimum Gasteiger partial charge on any atom is -0.390 e. The fraction of sp³-hybridized carbons (Fsp3) is 0.556. The average molecular weight is 184 g/mol. The number of hydrogen-bond donors (Lipinski definition) is 2. The highest BCUT2D eigenvalue weighted by Crippen LogP contribution is 2.36. The van der Waals surface area contributed by atoms with Gasteiger partial charge in [-0.15, -0.1) is 11.3 Å². The molecular weight excluding hydrogens is 172 g/mol. The molecule has 1 aliphatic carbocycles. The van der Waals surface area contributed by atoms with Crippen molar-refractivity contribution in [3.05, 3.63) is 21.4 Å². The maximum atomic E-state index is 9.66. The number of aliphatic hydroxyl groups is 2. The minimum atomic E-state index is -0.653. The summed E-state index contributed by atoms with van der Waals surface area (Å²) in [5.41, 5.74) is 2.08. The van der Waals surface area contributed by atoms with Gasteiger partial charge in [0.15, 0.2) is 0 Å². The quantitative estimate of drug-likeness (QED) is 0.640. The molecule has 1 aliphatic rings. The van der Waals surface area contributed by atoms with E-state index >= 15 is 0 Å². The van der Waals surface area contributed by atoms with Crippen LogP contribution < -0.4 is 0 Å². The number of hydrogen-bond acceptors (Lipinski definition) is 3. The van der Waals surface area contributed by atoms with Crippen LogP contribution in [0.15, 0.2) is 5.38 Å². The van der Waals surface area contributed by atoms with Gasteiger partial charge in [0.25, 0.3) is 0 Å². The lowest BCUT2D eigenvalue weighted by molar-refractivity contribution is 0.00688. The van der Waals surface area contributed by atoms with E-state index in [1.165, 1.54) is 4.88 Å². The van der Waals surface area contributed by atoms with Gasteiger partial charge < -0.3 is 10.2 Å². The second kappa shape index (κ2) is 2.83. The van der Waals surface area contributed by atoms with Crippen LogP contribution in [0, 0.1) is 6.92 Å². The van der Waals surface area contributed by atoms with Crippen LogP contribution in [0.5, 0.6) is 0 Å². The summed E-state index contributed by atoms with van der Waals surface area (Å²) in [7, 11) is 0. The van der Waals surface area contributed by atoms with Crippen LogP contribution in [-0.4, -0.2) is 16.3 Å². The minimum absolute atomic E-state index is 0.564. The Morgan fingerprint density at radius 2 is 2.25 bits per heavy atom. The molecule has 0 radical (unpaired) electrons. The first-order valence-corrected chi connectivity index (χ1v) is 5.01. The molecule has 0 saturated carbocycles. The molecular formula is C9H12O2S. The van der Waals surface area contributed by atoms with E-state index in [2.05, 4.69) is 0 Å². The van der Waals surface area contributed by atoms with Crippen molar-refractivity contribution in [3.8, 4) is 0 Å². The van der Waals surface area contributed by atoms with Crippen LogP contribution >= 0.6 is 11.3 Å². The lowest BCUT2D eigenvalue weighted by Gasteiger charge is -2.24. The summed E-state index contributed by atoms with van der Waals surface area (Å²) in [5, 5.41) is 21.1. The number of thiophene rings is 1. The molecule has 0 bridgehead atoms. The molecule has 1 aromatic heterocycles. The summed E-state index contributed by atoms with van der Waals surface area (Å²) >= 11 is 1.69. The molecule has 2 rings (SSSR count). The Kier molecular flexibility index (Phi) is 1.94. The molecule has 0 unspecified atom stereocenters. The van der Waals surface area contributed by atoms with Crippen molar-refractivity contribution in [1.82, 2.24) is 0 Å². The zero-order valence-corrected chi connectivity index (χ0v) is 7.77. The highest BCUT2D eigenvalue weighted by atomic mass is 32.1. The first-order chi connectivity index (χ1) is 5.70. The molecule has 0 amide bonds. The third-order valence-corrected chi connectivity index (χ3v) is 3.61. The third kappa shape index (κ3) is 1.09. The van der Waals surface area contributed by atoms with Crippen molar-refractivity contribution >= 4 is 11.3 Å². The molecule has 1 heterocycles. The predicted molar refractivity (Wildman–Crippen MR) is 48.3 cm³/mol. The van der Waals surface area contributed by atoms with Gasteiger partial charge in [-0.1, -0.05) is 0 Å². The van der Waals surface area contributed by atoms with Crippen molar-refractivity contribution < 1.29 is 10.2 Å². The Hall–Kier alpha value is -0.380. The Balaban J connectivity index is 2.45. The Labute approximate surface area is 75.5 Å². The summed E-state index contributed by atoms with van der Waals surface area (Å²) in [6.45, 7) is 1.98. The average Bonchev–Trinajstić information content (AvgIpc) is 2.41. The highest BCUT2D eigenvalue weighted by molar-refractivity contribution is 7.10. The van der Waals surface area contributed by atoms with E-state index in [1.807, 2.05) is 12.3 Å². The highest BCUT2D eigenvalue weighted by Gasteiger charge is 2.28. The van der Waals surface area contributed by atoms with E-state index in [-0.39, 0.29) is 0 Å². The lowest BCUT2D eigenvalue weighted by Crippen LogP contribution is -2.24. The van der Waals surface area contributed by atoms with Gasteiger partial charge in [-0.3, -0.25) is 0 Å². The standard InChI is InChI=1S/C9H12O2S/c1-5-4-12-7-3-2-6(10)9(11)8(5)7/h4,6,9-11H,2-3H2,1H3/t6-,9-/m0/s1. The summed E-state index contributed by atoms with van der Waals surface area (Å²) < 4.78 is 0. The molecule has 1 aromatic rings. The zero-order valence-electron chi connectivity index (χ0n) is 6.95. The lowest BCUT2D eigenvalue weighted by atomic mass is 9.91. The summed E-state index contributed by atoms with van der Waals surface area (Å²) in [4.78, 5) is 1.24. The molecule has 0 aliphatic heterocycles. The van der Waals surface area contributed by atoms with Crippen LogP contribution in [0.1, 0.15) is 28.5 Å². The molecule has 0 spiro atoms. The molecule has 0 aromatic carbocycles. The maximum absolute atomic E-state index is 9.66. The monoisotopic (exact) mass is 184 g/mol. The number of aryl methyl sites for hydroxylation is 2. The summed E-state index contributed by atoms with van der Waals surface area (Å²) in [6.07, 6.45) is 0.381.